The van der Waals surface area contributed by atoms with Gasteiger partial charge in [-0.1, -0.05) is 5.64 Å². The summed E-state index contributed by atoms with van der Waals surface area (Å²) in [5.74, 6) is 0. The molecule has 9 heavy (non-hydrogen) atoms. The van der Waals surface area contributed by atoms with E-state index in [4.69, 9.17) is 10.4 Å². The van der Waals surface area contributed by atoms with E-state index in [1.54, 1.807) is 5.64 Å². The van der Waals surface area contributed by atoms with Crippen LogP contribution in [0.5, 0.6) is 0 Å². The van der Waals surface area contributed by atoms with Crippen LogP contribution < -0.4 is 11.1 Å². The zero-order valence-corrected chi connectivity index (χ0v) is 5.13. The maximum Gasteiger partial charge on any atom is 0.0709 e. The molecule has 0 amide bonds. The lowest BCUT2D eigenvalue weighted by atomic mass is 10.3. The molecule has 0 aliphatic rings. The summed E-state index contributed by atoms with van der Waals surface area (Å²) in [5.41, 5.74) is 3.57. The molecule has 0 aliphatic heterocycles. The van der Waals surface area contributed by atoms with Crippen molar-refractivity contribution in [1.29, 1.82) is 0 Å². The van der Waals surface area contributed by atoms with E-state index in [2.05, 4.69) is 4.84 Å². The van der Waals surface area contributed by atoms with Gasteiger partial charge < -0.3 is 5.21 Å². The van der Waals surface area contributed by atoms with Crippen LogP contribution in [0.4, 0.5) is 0 Å². The largest absolute Gasteiger partial charge is 0.317 e. The first-order valence-electron chi connectivity index (χ1n) is 2.79. The maximum atomic E-state index is 8.07. The number of hydrogen-bond acceptors (Lipinski definition) is 5. The fourth-order valence-electron chi connectivity index (χ4n) is 0.424. The Balaban J connectivity index is 2.60. The number of hydrogen-bond donors (Lipinski definition) is 4. The van der Waals surface area contributed by atoms with Crippen LogP contribution in [0.1, 0.15) is 12.8 Å². The van der Waals surface area contributed by atoms with Crippen LogP contribution in [-0.4, -0.2) is 23.6 Å². The van der Waals surface area contributed by atoms with Crippen molar-refractivity contribution < 1.29 is 15.3 Å². The maximum absolute atomic E-state index is 8.07. The van der Waals surface area contributed by atoms with Crippen LogP contribution in [0.25, 0.3) is 0 Å². The van der Waals surface area contributed by atoms with Gasteiger partial charge in [0.25, 0.3) is 0 Å². The summed E-state index contributed by atoms with van der Waals surface area (Å²) in [6, 6.07) is 0. The Labute approximate surface area is 53.5 Å². The van der Waals surface area contributed by atoms with Crippen LogP contribution in [0, 0.1) is 0 Å². The summed E-state index contributed by atoms with van der Waals surface area (Å²) in [6.07, 6.45) is 1.61. The van der Waals surface area contributed by atoms with E-state index in [0.29, 0.717) is 13.2 Å². The topological polar surface area (TPSA) is 73.8 Å². The molecule has 0 spiro atoms. The van der Waals surface area contributed by atoms with Gasteiger partial charge in [0.15, 0.2) is 0 Å². The van der Waals surface area contributed by atoms with E-state index >= 15 is 0 Å². The Kier molecular flexibility index (Phi) is 7.63. The number of rotatable bonds is 6. The molecular weight excluding hydrogens is 124 g/mol. The SMILES string of the molecule is ONCCCCONO. The molecule has 0 rings (SSSR count). The first kappa shape index (κ1) is 8.80. The van der Waals surface area contributed by atoms with E-state index < -0.39 is 0 Å². The van der Waals surface area contributed by atoms with Gasteiger partial charge in [0.2, 0.25) is 0 Å². The van der Waals surface area contributed by atoms with Crippen molar-refractivity contribution in [3.63, 3.8) is 0 Å². The smallest absolute Gasteiger partial charge is 0.0709 e. The van der Waals surface area contributed by atoms with E-state index in [-0.39, 0.29) is 0 Å². The van der Waals surface area contributed by atoms with Crippen molar-refractivity contribution in [3.8, 4) is 0 Å². The minimum Gasteiger partial charge on any atom is -0.317 e. The minimum absolute atomic E-state index is 0.443. The van der Waals surface area contributed by atoms with E-state index in [9.17, 15) is 0 Å². The Morgan fingerprint density at radius 1 is 1.22 bits per heavy atom. The Morgan fingerprint density at radius 2 is 2.00 bits per heavy atom. The summed E-state index contributed by atoms with van der Waals surface area (Å²) in [7, 11) is 0. The van der Waals surface area contributed by atoms with Crippen LogP contribution in [0.3, 0.4) is 0 Å². The zero-order chi connectivity index (χ0) is 6.95. The molecule has 0 saturated heterocycles. The van der Waals surface area contributed by atoms with Crippen LogP contribution in [-0.2, 0) is 4.84 Å². The Bertz CT molecular complexity index is 47.1. The molecule has 0 atom stereocenters. The summed E-state index contributed by atoms with van der Waals surface area (Å²) in [5, 5.41) is 16.0. The van der Waals surface area contributed by atoms with Gasteiger partial charge in [-0.3, -0.25) is 10.0 Å². The van der Waals surface area contributed by atoms with Gasteiger partial charge in [-0.15, -0.1) is 0 Å². The predicted octanol–water partition coefficient (Wildman–Crippen LogP) is -0.344. The lowest BCUT2D eigenvalue weighted by molar-refractivity contribution is -0.127. The quantitative estimate of drug-likeness (QED) is 0.297. The van der Waals surface area contributed by atoms with Gasteiger partial charge in [-0.2, -0.15) is 0 Å². The highest BCUT2D eigenvalue weighted by Gasteiger charge is 1.85. The third kappa shape index (κ3) is 7.80. The van der Waals surface area contributed by atoms with Crippen molar-refractivity contribution in [3.05, 3.63) is 0 Å². The van der Waals surface area contributed by atoms with E-state index in [1.165, 1.54) is 0 Å². The van der Waals surface area contributed by atoms with Gasteiger partial charge in [0, 0.05) is 6.54 Å². The standard InChI is InChI=1S/C4H12N2O3/c7-5-3-1-2-4-9-6-8/h5-8H,1-4H2. The molecule has 5 heteroatoms. The van der Waals surface area contributed by atoms with Crippen molar-refractivity contribution in [1.82, 2.24) is 11.1 Å². The lowest BCUT2D eigenvalue weighted by Crippen LogP contribution is -2.12. The normalized spacial score (nSPS) is 10.0. The first-order valence-corrected chi connectivity index (χ1v) is 2.79. The minimum atomic E-state index is 0.443. The zero-order valence-electron chi connectivity index (χ0n) is 5.13. The Morgan fingerprint density at radius 3 is 2.56 bits per heavy atom. The molecule has 0 aromatic heterocycles. The predicted molar refractivity (Wildman–Crippen MR) is 29.9 cm³/mol. The summed E-state index contributed by atoms with van der Waals surface area (Å²) < 4.78 is 0. The average molecular weight is 136 g/mol. The second-order valence-electron chi connectivity index (χ2n) is 1.55. The molecular formula is C4H12N2O3. The van der Waals surface area contributed by atoms with E-state index in [1.807, 2.05) is 5.48 Å². The van der Waals surface area contributed by atoms with Crippen LogP contribution in [0.15, 0.2) is 0 Å². The molecule has 0 saturated carbocycles. The molecule has 0 radical (unpaired) electrons. The van der Waals surface area contributed by atoms with Gasteiger partial charge in [-0.05, 0) is 12.8 Å². The molecule has 0 unspecified atom stereocenters. The third-order valence-corrected chi connectivity index (χ3v) is 0.850. The molecule has 0 aliphatic carbocycles. The molecule has 0 aromatic carbocycles. The third-order valence-electron chi connectivity index (χ3n) is 0.850. The van der Waals surface area contributed by atoms with Crippen molar-refractivity contribution >= 4 is 0 Å². The molecule has 0 fully saturated rings. The summed E-state index contributed by atoms with van der Waals surface area (Å²) in [4.78, 5) is 4.38. The highest BCUT2D eigenvalue weighted by molar-refractivity contribution is 4.37. The molecule has 5 nitrogen and oxygen atoms in total. The molecule has 56 valence electrons. The van der Waals surface area contributed by atoms with Crippen molar-refractivity contribution in [2.75, 3.05) is 13.2 Å². The average Bonchev–Trinajstić information content (AvgIpc) is 1.89. The van der Waals surface area contributed by atoms with Gasteiger partial charge in [0.05, 0.1) is 6.61 Å². The second kappa shape index (κ2) is 7.80. The fourth-order valence-corrected chi connectivity index (χ4v) is 0.424. The highest BCUT2D eigenvalue weighted by Crippen LogP contribution is 1.84. The second-order valence-corrected chi connectivity index (χ2v) is 1.55. The number of nitrogens with one attached hydrogen (secondary N) is 2. The number of unbranched alkanes of at least 4 members (excludes halogenated alkanes) is 1. The molecule has 0 aromatic rings. The fraction of sp³-hybridized carbons (Fsp3) is 1.00. The summed E-state index contributed by atoms with van der Waals surface area (Å²) in [6.45, 7) is 0.993. The van der Waals surface area contributed by atoms with E-state index in [0.717, 1.165) is 12.8 Å². The van der Waals surface area contributed by atoms with Crippen LogP contribution in [0.2, 0.25) is 0 Å². The number of hydroxylamine groups is 1. The lowest BCUT2D eigenvalue weighted by Gasteiger charge is -1.98. The van der Waals surface area contributed by atoms with Gasteiger partial charge in [-0.25, -0.2) is 5.48 Å². The monoisotopic (exact) mass is 136 g/mol. The first-order chi connectivity index (χ1) is 4.41. The van der Waals surface area contributed by atoms with Crippen molar-refractivity contribution in [2.45, 2.75) is 12.8 Å². The van der Waals surface area contributed by atoms with Gasteiger partial charge >= 0.3 is 0 Å². The Hall–Kier alpha value is -0.200. The molecule has 0 bridgehead atoms. The molecule has 0 heterocycles. The van der Waals surface area contributed by atoms with Crippen molar-refractivity contribution in [2.24, 2.45) is 0 Å². The highest BCUT2D eigenvalue weighted by atomic mass is 16.8. The summed E-state index contributed by atoms with van der Waals surface area (Å²) >= 11 is 0. The molecule has 4 N–H and O–H groups in total. The van der Waals surface area contributed by atoms with Crippen LogP contribution >= 0.6 is 0 Å². The van der Waals surface area contributed by atoms with Gasteiger partial charge in [0.1, 0.15) is 0 Å².